The summed E-state index contributed by atoms with van der Waals surface area (Å²) < 4.78 is 83.2. The molecule has 0 radical (unpaired) electrons. The SMILES string of the molecule is C=CCC1O[C@@H](C(/C=C/C(=O)CCC2CC(=C)C(CCC3CC(C)C(=C)C(C[C@@H]4OC(CC(CO[Si](C)(C)C(C)(C)C)O[Si](C)(C)C(C)(C)C)[C@H](OC)C4CC(=O)OC)O3)O2)O[Si](C)(C)C(C)(C)C)C(O[Si](C)(C)C(C)(C)C)C(O[Si](C)(C)C(C)(C)C)C1OC(=O)c1ccccc1. The lowest BCUT2D eigenvalue weighted by molar-refractivity contribution is -0.227. The Morgan fingerprint density at radius 3 is 1.70 bits per heavy atom. The van der Waals surface area contributed by atoms with Crippen molar-refractivity contribution in [1.29, 1.82) is 0 Å². The molecule has 0 amide bonds. The molecule has 0 N–H and O–H groups in total. The first-order chi connectivity index (χ1) is 44.3. The molecule has 0 bridgehead atoms. The van der Waals surface area contributed by atoms with Gasteiger partial charge in [0.1, 0.15) is 24.4 Å². The summed E-state index contributed by atoms with van der Waals surface area (Å²) in [5.74, 6) is -0.943. The van der Waals surface area contributed by atoms with Crippen LogP contribution in [0.2, 0.25) is 90.7 Å². The highest BCUT2D eigenvalue weighted by Gasteiger charge is 2.58. The summed E-state index contributed by atoms with van der Waals surface area (Å²) in [5, 5.41) is -0.642. The second kappa shape index (κ2) is 33.5. The van der Waals surface area contributed by atoms with Crippen LogP contribution in [0.15, 0.2) is 79.4 Å². The Morgan fingerprint density at radius 2 is 1.16 bits per heavy atom. The Hall–Kier alpha value is -2.53. The van der Waals surface area contributed by atoms with Gasteiger partial charge in [-0.3, -0.25) is 9.59 Å². The normalized spacial score (nSPS) is 28.5. The van der Waals surface area contributed by atoms with Gasteiger partial charge in [0.25, 0.3) is 0 Å². The number of ketones is 1. The zero-order valence-electron chi connectivity index (χ0n) is 65.9. The molecule has 4 fully saturated rings. The molecule has 15 nitrogen and oxygen atoms in total. The molecule has 16 atom stereocenters. The van der Waals surface area contributed by atoms with Crippen molar-refractivity contribution in [3.05, 3.63) is 85.0 Å². The standard InChI is InChI=1S/C77H136O15Si5/c1-32-36-61-68(88-72(80)54-37-34-33-35-38-54)70(91-96(28,29)76(14,15)16)71(92-97(30,31)77(17,18)19)69(87-61)62(90-95(26,27)75(11,12)13)43-40-55(78)39-41-56-46-52(3)60(84-56)44-42-57-45-51(2)53(4)63(85-57)49-64-59(48-66(79)81-20)67(82-21)65(86-64)47-58(89-94(24,25)74(8,9)10)50-83-93(22,23)73(5,6)7/h32-35,37-38,40,43,51,56-65,67-71H,1,3-4,36,39,41-42,44-50H2,2,5-31H3/b43-40+/t51?,56?,57?,58?,59?,60?,61?,62?,63?,64-,65?,67+,68?,69-,70?,71?/m0/s1. The average molecular weight is 1440 g/mol. The van der Waals surface area contributed by atoms with Gasteiger partial charge in [-0.25, -0.2) is 4.79 Å². The number of ether oxygens (including phenoxy) is 7. The molecule has 4 saturated heterocycles. The van der Waals surface area contributed by atoms with Crippen LogP contribution in [0.5, 0.6) is 0 Å². The number of hydrogen-bond donors (Lipinski definition) is 0. The van der Waals surface area contributed by atoms with Gasteiger partial charge in [-0.15, -0.1) is 6.58 Å². The number of esters is 2. The monoisotopic (exact) mass is 1440 g/mol. The van der Waals surface area contributed by atoms with Crippen LogP contribution < -0.4 is 0 Å². The smallest absolute Gasteiger partial charge is 0.338 e. The van der Waals surface area contributed by atoms with Gasteiger partial charge in [-0.2, -0.15) is 0 Å². The minimum atomic E-state index is -2.66. The van der Waals surface area contributed by atoms with Gasteiger partial charge in [-0.05, 0) is 164 Å². The Balaban J connectivity index is 1.36. The Kier molecular flexibility index (Phi) is 29.4. The quantitative estimate of drug-likeness (QED) is 0.0298. The van der Waals surface area contributed by atoms with Crippen LogP contribution in [0, 0.1) is 11.8 Å². The highest BCUT2D eigenvalue weighted by Crippen LogP contribution is 2.49. The number of benzene rings is 1. The molecule has 97 heavy (non-hydrogen) atoms. The summed E-state index contributed by atoms with van der Waals surface area (Å²) >= 11 is 0. The molecular formula is C77H136O15Si5. The maximum atomic E-state index is 14.5. The summed E-state index contributed by atoms with van der Waals surface area (Å²) in [7, 11) is -9.17. The molecule has 5 rings (SSSR count). The molecule has 0 spiro atoms. The maximum absolute atomic E-state index is 14.5. The average Bonchev–Trinajstić information content (AvgIpc) is 1.13. The third-order valence-electron chi connectivity index (χ3n) is 23.8. The third kappa shape index (κ3) is 22.5. The molecule has 0 aromatic heterocycles. The Bertz CT molecular complexity index is 2800. The maximum Gasteiger partial charge on any atom is 0.338 e. The van der Waals surface area contributed by atoms with Gasteiger partial charge in [0.15, 0.2) is 53.5 Å². The summed E-state index contributed by atoms with van der Waals surface area (Å²) in [6.07, 6.45) is 3.94. The molecule has 4 aliphatic rings. The second-order valence-corrected chi connectivity index (χ2v) is 60.2. The lowest BCUT2D eigenvalue weighted by Gasteiger charge is -2.54. The fourth-order valence-electron chi connectivity index (χ4n) is 12.2. The molecule has 4 aliphatic heterocycles. The fraction of sp³-hybridized carbons (Fsp3) is 0.779. The molecule has 1 aromatic rings. The lowest BCUT2D eigenvalue weighted by atomic mass is 9.82. The van der Waals surface area contributed by atoms with Gasteiger partial charge in [0.2, 0.25) is 0 Å². The summed E-state index contributed by atoms with van der Waals surface area (Å²) in [5.41, 5.74) is 2.47. The van der Waals surface area contributed by atoms with Gasteiger partial charge < -0.3 is 55.3 Å². The molecule has 554 valence electrons. The highest BCUT2D eigenvalue weighted by atomic mass is 28.4. The second-order valence-electron chi connectivity index (χ2n) is 36.3. The van der Waals surface area contributed by atoms with Crippen molar-refractivity contribution in [1.82, 2.24) is 0 Å². The van der Waals surface area contributed by atoms with Crippen LogP contribution in [0.3, 0.4) is 0 Å². The molecule has 13 unspecified atom stereocenters. The zero-order chi connectivity index (χ0) is 73.6. The third-order valence-corrected chi connectivity index (χ3v) is 46.2. The van der Waals surface area contributed by atoms with Gasteiger partial charge in [0.05, 0.1) is 80.6 Å². The van der Waals surface area contributed by atoms with E-state index in [4.69, 9.17) is 55.3 Å². The Morgan fingerprint density at radius 1 is 0.619 bits per heavy atom. The molecule has 1 aromatic carbocycles. The molecular weight excluding hydrogens is 1310 g/mol. The van der Waals surface area contributed by atoms with E-state index in [-0.39, 0.29) is 104 Å². The first-order valence-electron chi connectivity index (χ1n) is 36.3. The molecule has 0 aliphatic carbocycles. The van der Waals surface area contributed by atoms with Gasteiger partial charge >= 0.3 is 11.9 Å². The number of methoxy groups -OCH3 is 2. The van der Waals surface area contributed by atoms with Crippen LogP contribution in [-0.4, -0.2) is 166 Å². The molecule has 0 saturated carbocycles. The van der Waals surface area contributed by atoms with Crippen LogP contribution >= 0.6 is 0 Å². The molecule has 20 heteroatoms. The van der Waals surface area contributed by atoms with Crippen LogP contribution in [-0.2, 0) is 64.9 Å². The first kappa shape index (κ1) is 85.1. The van der Waals surface area contributed by atoms with E-state index in [1.807, 2.05) is 24.3 Å². The van der Waals surface area contributed by atoms with E-state index in [9.17, 15) is 14.4 Å². The van der Waals surface area contributed by atoms with E-state index in [1.165, 1.54) is 7.11 Å². The predicted molar refractivity (Wildman–Crippen MR) is 406 cm³/mol. The number of rotatable bonds is 31. The Labute approximate surface area is 594 Å². The van der Waals surface area contributed by atoms with Crippen molar-refractivity contribution in [3.63, 3.8) is 0 Å². The van der Waals surface area contributed by atoms with Crippen molar-refractivity contribution < 1.29 is 69.7 Å². The van der Waals surface area contributed by atoms with E-state index in [1.54, 1.807) is 31.4 Å². The van der Waals surface area contributed by atoms with Crippen LogP contribution in [0.1, 0.15) is 185 Å². The minimum Gasteiger partial charge on any atom is -0.469 e. The van der Waals surface area contributed by atoms with Crippen LogP contribution in [0.25, 0.3) is 0 Å². The predicted octanol–water partition coefficient (Wildman–Crippen LogP) is 18.6. The van der Waals surface area contributed by atoms with Crippen molar-refractivity contribution in [3.8, 4) is 0 Å². The summed E-state index contributed by atoms with van der Waals surface area (Å²) in [6.45, 7) is 71.7. The molecule has 4 heterocycles. The van der Waals surface area contributed by atoms with Gasteiger partial charge in [-0.1, -0.05) is 154 Å². The van der Waals surface area contributed by atoms with Crippen molar-refractivity contribution >= 4 is 59.3 Å². The fourth-order valence-corrected chi connectivity index (χ4v) is 18.4. The van der Waals surface area contributed by atoms with Crippen molar-refractivity contribution in [2.24, 2.45) is 11.8 Å². The summed E-state index contributed by atoms with van der Waals surface area (Å²) in [4.78, 5) is 41.9. The summed E-state index contributed by atoms with van der Waals surface area (Å²) in [6, 6.07) is 9.04. The van der Waals surface area contributed by atoms with Gasteiger partial charge in [0, 0.05) is 32.3 Å². The van der Waals surface area contributed by atoms with Crippen LogP contribution in [0.4, 0.5) is 0 Å². The zero-order valence-corrected chi connectivity index (χ0v) is 70.9. The topological polar surface area (TPSA) is 162 Å². The highest BCUT2D eigenvalue weighted by molar-refractivity contribution is 6.76. The number of carbonyl (C=O) groups is 3. The van der Waals surface area contributed by atoms with Crippen molar-refractivity contribution in [2.45, 2.75) is 351 Å². The number of allylic oxidation sites excluding steroid dienone is 1. The number of hydrogen-bond acceptors (Lipinski definition) is 15. The van der Waals surface area contributed by atoms with E-state index < -0.39 is 90.3 Å². The van der Waals surface area contributed by atoms with E-state index in [0.29, 0.717) is 44.3 Å². The minimum absolute atomic E-state index is 0.0220. The first-order valence-corrected chi connectivity index (χ1v) is 50.9. The van der Waals surface area contributed by atoms with E-state index >= 15 is 0 Å². The van der Waals surface area contributed by atoms with E-state index in [0.717, 1.165) is 30.4 Å². The van der Waals surface area contributed by atoms with E-state index in [2.05, 4.69) is 196 Å². The largest absolute Gasteiger partial charge is 0.469 e. The lowest BCUT2D eigenvalue weighted by Crippen LogP contribution is -2.68. The number of carbonyl (C=O) groups excluding carboxylic acids is 3. The van der Waals surface area contributed by atoms with Crippen molar-refractivity contribution in [2.75, 3.05) is 20.8 Å².